The van der Waals surface area contributed by atoms with Gasteiger partial charge in [0.05, 0.1) is 0 Å². The van der Waals surface area contributed by atoms with Crippen molar-refractivity contribution in [1.29, 1.82) is 0 Å². The third kappa shape index (κ3) is 4.13. The first-order valence-electron chi connectivity index (χ1n) is 5.36. The fourth-order valence-corrected chi connectivity index (χ4v) is 1.55. The van der Waals surface area contributed by atoms with E-state index in [1.807, 2.05) is 31.5 Å². The number of pyridine rings is 2. The fourth-order valence-electron chi connectivity index (χ4n) is 1.55. The summed E-state index contributed by atoms with van der Waals surface area (Å²) in [5.74, 6) is 0. The fraction of sp³-hybridized carbons (Fsp3) is 0.231. The van der Waals surface area contributed by atoms with Gasteiger partial charge in [-0.3, -0.25) is 9.97 Å². The number of aromatic nitrogens is 2. The molecule has 0 bridgehead atoms. The maximum atomic E-state index is 4.25. The smallest absolute Gasteiger partial charge is 0.0417 e. The van der Waals surface area contributed by atoms with Crippen molar-refractivity contribution in [2.45, 2.75) is 20.0 Å². The Kier molecular flexibility index (Phi) is 5.60. The van der Waals surface area contributed by atoms with E-state index >= 15 is 0 Å². The van der Waals surface area contributed by atoms with E-state index in [0.29, 0.717) is 0 Å². The molecule has 4 heteroatoms. The highest BCUT2D eigenvalue weighted by atomic mass is 35.5. The minimum atomic E-state index is 0. The first-order valence-corrected chi connectivity index (χ1v) is 5.36. The number of hydrogen-bond acceptors (Lipinski definition) is 3. The second-order valence-corrected chi connectivity index (χ2v) is 3.71. The minimum Gasteiger partial charge on any atom is -0.308 e. The lowest BCUT2D eigenvalue weighted by molar-refractivity contribution is 0.686. The Morgan fingerprint density at radius 2 is 1.94 bits per heavy atom. The largest absolute Gasteiger partial charge is 0.308 e. The van der Waals surface area contributed by atoms with Crippen molar-refractivity contribution in [2.75, 3.05) is 0 Å². The van der Waals surface area contributed by atoms with Gasteiger partial charge < -0.3 is 5.32 Å². The third-order valence-electron chi connectivity index (χ3n) is 2.48. The molecule has 0 aliphatic carbocycles. The number of aryl methyl sites for hydroxylation is 1. The summed E-state index contributed by atoms with van der Waals surface area (Å²) in [6.45, 7) is 3.71. The predicted octanol–water partition coefficient (Wildman–Crippen LogP) is 2.50. The topological polar surface area (TPSA) is 37.8 Å². The van der Waals surface area contributed by atoms with Gasteiger partial charge in [-0.15, -0.1) is 12.4 Å². The molecule has 2 rings (SSSR count). The number of halogens is 1. The highest BCUT2D eigenvalue weighted by Gasteiger charge is 1.97. The van der Waals surface area contributed by atoms with E-state index in [0.717, 1.165) is 18.8 Å². The summed E-state index contributed by atoms with van der Waals surface area (Å²) in [5, 5.41) is 3.38. The molecule has 0 saturated heterocycles. The van der Waals surface area contributed by atoms with Gasteiger partial charge in [-0.1, -0.05) is 12.1 Å². The van der Waals surface area contributed by atoms with Crippen LogP contribution in [0.5, 0.6) is 0 Å². The van der Waals surface area contributed by atoms with E-state index in [1.54, 1.807) is 6.20 Å². The van der Waals surface area contributed by atoms with Crippen LogP contribution in [0.4, 0.5) is 0 Å². The number of nitrogens with zero attached hydrogens (tertiary/aromatic N) is 2. The Labute approximate surface area is 108 Å². The summed E-state index contributed by atoms with van der Waals surface area (Å²) < 4.78 is 0. The lowest BCUT2D eigenvalue weighted by Gasteiger charge is -2.06. The maximum Gasteiger partial charge on any atom is 0.0417 e. The Morgan fingerprint density at radius 1 is 1.12 bits per heavy atom. The molecular formula is C13H16ClN3. The Hall–Kier alpha value is -1.45. The van der Waals surface area contributed by atoms with Crippen LogP contribution in [0.2, 0.25) is 0 Å². The highest BCUT2D eigenvalue weighted by Crippen LogP contribution is 2.03. The quantitative estimate of drug-likeness (QED) is 0.905. The molecular weight excluding hydrogens is 234 g/mol. The SMILES string of the molecule is Cc1ncccc1CNCc1cccnc1.Cl. The summed E-state index contributed by atoms with van der Waals surface area (Å²) in [4.78, 5) is 8.33. The van der Waals surface area contributed by atoms with Crippen LogP contribution in [0, 0.1) is 6.92 Å². The first kappa shape index (κ1) is 13.6. The maximum absolute atomic E-state index is 4.25. The summed E-state index contributed by atoms with van der Waals surface area (Å²) >= 11 is 0. The van der Waals surface area contributed by atoms with E-state index < -0.39 is 0 Å². The Morgan fingerprint density at radius 3 is 2.65 bits per heavy atom. The van der Waals surface area contributed by atoms with Crippen LogP contribution < -0.4 is 5.32 Å². The van der Waals surface area contributed by atoms with E-state index in [4.69, 9.17) is 0 Å². The predicted molar refractivity (Wildman–Crippen MR) is 71.0 cm³/mol. The van der Waals surface area contributed by atoms with Crippen molar-refractivity contribution in [1.82, 2.24) is 15.3 Å². The van der Waals surface area contributed by atoms with Gasteiger partial charge in [0.25, 0.3) is 0 Å². The van der Waals surface area contributed by atoms with Gasteiger partial charge in [0.2, 0.25) is 0 Å². The number of rotatable bonds is 4. The van der Waals surface area contributed by atoms with Gasteiger partial charge >= 0.3 is 0 Å². The molecule has 0 atom stereocenters. The molecule has 0 fully saturated rings. The highest BCUT2D eigenvalue weighted by molar-refractivity contribution is 5.85. The average Bonchev–Trinajstić information content (AvgIpc) is 2.33. The molecule has 0 amide bonds. The minimum absolute atomic E-state index is 0. The molecule has 0 aromatic carbocycles. The second kappa shape index (κ2) is 6.99. The lowest BCUT2D eigenvalue weighted by atomic mass is 10.2. The summed E-state index contributed by atoms with van der Waals surface area (Å²) in [5.41, 5.74) is 3.52. The van der Waals surface area contributed by atoms with Crippen molar-refractivity contribution >= 4 is 12.4 Å². The molecule has 3 nitrogen and oxygen atoms in total. The van der Waals surface area contributed by atoms with Crippen molar-refractivity contribution in [3.8, 4) is 0 Å². The Balaban J connectivity index is 0.00000144. The van der Waals surface area contributed by atoms with Gasteiger partial charge in [0.15, 0.2) is 0 Å². The van der Waals surface area contributed by atoms with Crippen molar-refractivity contribution in [2.24, 2.45) is 0 Å². The molecule has 2 aromatic rings. The van der Waals surface area contributed by atoms with Crippen molar-refractivity contribution < 1.29 is 0 Å². The standard InChI is InChI=1S/C13H15N3.ClH/c1-11-13(5-3-7-16-11)10-15-9-12-4-2-6-14-8-12;/h2-8,15H,9-10H2,1H3;1H. The molecule has 0 spiro atoms. The molecule has 0 aliphatic rings. The van der Waals surface area contributed by atoms with E-state index in [2.05, 4.69) is 27.4 Å². The van der Waals surface area contributed by atoms with Crippen LogP contribution in [0.3, 0.4) is 0 Å². The molecule has 0 aliphatic heterocycles. The normalized spacial score (nSPS) is 9.71. The lowest BCUT2D eigenvalue weighted by Crippen LogP contribution is -2.13. The van der Waals surface area contributed by atoms with Crippen LogP contribution in [0.15, 0.2) is 42.9 Å². The first-order chi connectivity index (χ1) is 7.86. The van der Waals surface area contributed by atoms with Crippen molar-refractivity contribution in [3.63, 3.8) is 0 Å². The van der Waals surface area contributed by atoms with Gasteiger partial charge in [0.1, 0.15) is 0 Å². The number of nitrogens with one attached hydrogen (secondary N) is 1. The third-order valence-corrected chi connectivity index (χ3v) is 2.48. The van der Waals surface area contributed by atoms with Crippen LogP contribution in [-0.4, -0.2) is 9.97 Å². The molecule has 17 heavy (non-hydrogen) atoms. The van der Waals surface area contributed by atoms with Gasteiger partial charge in [-0.05, 0) is 30.2 Å². The monoisotopic (exact) mass is 249 g/mol. The molecule has 1 N–H and O–H groups in total. The molecule has 2 heterocycles. The second-order valence-electron chi connectivity index (χ2n) is 3.71. The van der Waals surface area contributed by atoms with E-state index in [1.165, 1.54) is 11.1 Å². The van der Waals surface area contributed by atoms with E-state index in [9.17, 15) is 0 Å². The van der Waals surface area contributed by atoms with Gasteiger partial charge in [-0.2, -0.15) is 0 Å². The zero-order chi connectivity index (χ0) is 11.2. The molecule has 0 radical (unpaired) electrons. The Bertz CT molecular complexity index is 445. The van der Waals surface area contributed by atoms with Crippen molar-refractivity contribution in [3.05, 3.63) is 59.7 Å². The van der Waals surface area contributed by atoms with Crippen LogP contribution in [-0.2, 0) is 13.1 Å². The van der Waals surface area contributed by atoms with Crippen LogP contribution in [0.1, 0.15) is 16.8 Å². The molecule has 2 aromatic heterocycles. The van der Waals surface area contributed by atoms with Gasteiger partial charge in [0, 0.05) is 37.4 Å². The summed E-state index contributed by atoms with van der Waals surface area (Å²) in [7, 11) is 0. The summed E-state index contributed by atoms with van der Waals surface area (Å²) in [6, 6.07) is 8.08. The zero-order valence-electron chi connectivity index (χ0n) is 9.76. The zero-order valence-corrected chi connectivity index (χ0v) is 10.6. The molecule has 0 saturated carbocycles. The average molecular weight is 250 g/mol. The van der Waals surface area contributed by atoms with Crippen LogP contribution >= 0.6 is 12.4 Å². The van der Waals surface area contributed by atoms with Gasteiger partial charge in [-0.25, -0.2) is 0 Å². The molecule has 90 valence electrons. The summed E-state index contributed by atoms with van der Waals surface area (Å²) in [6.07, 6.45) is 5.48. The van der Waals surface area contributed by atoms with E-state index in [-0.39, 0.29) is 12.4 Å². The molecule has 0 unspecified atom stereocenters. The van der Waals surface area contributed by atoms with Crippen LogP contribution in [0.25, 0.3) is 0 Å². The number of hydrogen-bond donors (Lipinski definition) is 1.